The van der Waals surface area contributed by atoms with Crippen LogP contribution in [0.2, 0.25) is 0 Å². The lowest BCUT2D eigenvalue weighted by atomic mass is 10.0. The van der Waals surface area contributed by atoms with E-state index in [1.807, 2.05) is 43.3 Å². The molecule has 3 heteroatoms. The van der Waals surface area contributed by atoms with Gasteiger partial charge in [-0.3, -0.25) is 4.79 Å². The molecule has 0 aliphatic heterocycles. The maximum absolute atomic E-state index is 11.3. The Morgan fingerprint density at radius 1 is 1.06 bits per heavy atom. The Morgan fingerprint density at radius 3 is 2.24 bits per heavy atom. The average Bonchev–Trinajstić information content (AvgIpc) is 2.30. The smallest absolute Gasteiger partial charge is 0.249 e. The standard InChI is InChI=1S/C14H12BrNO/c1-9-2-4-10(5-3-9)11-6-7-13(15)12(8-11)14(16)17/h2-8H,1H3,(H2,16,17). The van der Waals surface area contributed by atoms with Gasteiger partial charge >= 0.3 is 0 Å². The van der Waals surface area contributed by atoms with Crippen molar-refractivity contribution in [3.8, 4) is 11.1 Å². The normalized spacial score (nSPS) is 10.2. The van der Waals surface area contributed by atoms with Crippen molar-refractivity contribution < 1.29 is 4.79 Å². The summed E-state index contributed by atoms with van der Waals surface area (Å²) in [6.07, 6.45) is 0. The number of nitrogens with two attached hydrogens (primary N) is 1. The van der Waals surface area contributed by atoms with Crippen LogP contribution in [0.1, 0.15) is 15.9 Å². The third-order valence-electron chi connectivity index (χ3n) is 2.62. The monoisotopic (exact) mass is 289 g/mol. The second-order valence-corrected chi connectivity index (χ2v) is 4.78. The van der Waals surface area contributed by atoms with Gasteiger partial charge in [-0.2, -0.15) is 0 Å². The largest absolute Gasteiger partial charge is 0.366 e. The number of halogens is 1. The van der Waals surface area contributed by atoms with Crippen LogP contribution in [0.5, 0.6) is 0 Å². The van der Waals surface area contributed by atoms with E-state index in [2.05, 4.69) is 15.9 Å². The van der Waals surface area contributed by atoms with Crippen molar-refractivity contribution in [3.63, 3.8) is 0 Å². The van der Waals surface area contributed by atoms with Crippen molar-refractivity contribution in [2.45, 2.75) is 6.92 Å². The van der Waals surface area contributed by atoms with Gasteiger partial charge in [0.2, 0.25) is 5.91 Å². The Hall–Kier alpha value is -1.61. The Morgan fingerprint density at radius 2 is 1.65 bits per heavy atom. The van der Waals surface area contributed by atoms with E-state index in [0.29, 0.717) is 5.56 Å². The van der Waals surface area contributed by atoms with Crippen LogP contribution >= 0.6 is 15.9 Å². The summed E-state index contributed by atoms with van der Waals surface area (Å²) in [6, 6.07) is 13.8. The molecule has 1 amide bonds. The van der Waals surface area contributed by atoms with Crippen LogP contribution in [0.3, 0.4) is 0 Å². The molecule has 0 saturated carbocycles. The first-order valence-electron chi connectivity index (χ1n) is 5.24. The van der Waals surface area contributed by atoms with Gasteiger partial charge in [-0.25, -0.2) is 0 Å². The number of benzene rings is 2. The number of hydrogen-bond acceptors (Lipinski definition) is 1. The Kier molecular flexibility index (Phi) is 3.29. The number of aryl methyl sites for hydroxylation is 1. The quantitative estimate of drug-likeness (QED) is 0.903. The zero-order chi connectivity index (χ0) is 12.4. The van der Waals surface area contributed by atoms with Gasteiger partial charge in [0.1, 0.15) is 0 Å². The molecule has 0 spiro atoms. The average molecular weight is 290 g/mol. The molecule has 2 aromatic rings. The molecule has 2 rings (SSSR count). The molecular formula is C14H12BrNO. The molecule has 0 aliphatic rings. The molecule has 0 bridgehead atoms. The highest BCUT2D eigenvalue weighted by Crippen LogP contribution is 2.25. The molecule has 17 heavy (non-hydrogen) atoms. The van der Waals surface area contributed by atoms with Crippen molar-refractivity contribution in [2.75, 3.05) is 0 Å². The van der Waals surface area contributed by atoms with E-state index in [1.165, 1.54) is 5.56 Å². The van der Waals surface area contributed by atoms with Crippen LogP contribution in [-0.2, 0) is 0 Å². The van der Waals surface area contributed by atoms with Gasteiger partial charge in [-0.05, 0) is 46.1 Å². The van der Waals surface area contributed by atoms with Crippen LogP contribution in [0, 0.1) is 6.92 Å². The molecule has 2 N–H and O–H groups in total. The van der Waals surface area contributed by atoms with Gasteiger partial charge in [-0.1, -0.05) is 35.9 Å². The Labute approximate surface area is 109 Å². The lowest BCUT2D eigenvalue weighted by molar-refractivity contribution is 0.0999. The molecule has 0 fully saturated rings. The van der Waals surface area contributed by atoms with E-state index in [-0.39, 0.29) is 0 Å². The molecule has 0 radical (unpaired) electrons. The maximum Gasteiger partial charge on any atom is 0.249 e. The van der Waals surface area contributed by atoms with Crippen LogP contribution in [0.25, 0.3) is 11.1 Å². The molecule has 2 aromatic carbocycles. The Bertz CT molecular complexity index is 561. The Balaban J connectivity index is 2.50. The predicted octanol–water partition coefficient (Wildman–Crippen LogP) is 3.52. The summed E-state index contributed by atoms with van der Waals surface area (Å²) in [5, 5.41) is 0. The summed E-state index contributed by atoms with van der Waals surface area (Å²) in [5.41, 5.74) is 9.09. The van der Waals surface area contributed by atoms with Gasteiger partial charge in [-0.15, -0.1) is 0 Å². The maximum atomic E-state index is 11.3. The third kappa shape index (κ3) is 2.56. The van der Waals surface area contributed by atoms with Crippen molar-refractivity contribution in [3.05, 3.63) is 58.1 Å². The first-order chi connectivity index (χ1) is 8.08. The lowest BCUT2D eigenvalue weighted by Gasteiger charge is -2.06. The van der Waals surface area contributed by atoms with E-state index in [0.717, 1.165) is 15.6 Å². The van der Waals surface area contributed by atoms with Crippen molar-refractivity contribution in [1.82, 2.24) is 0 Å². The predicted molar refractivity (Wildman–Crippen MR) is 72.8 cm³/mol. The molecule has 0 saturated heterocycles. The molecule has 0 aliphatic carbocycles. The molecular weight excluding hydrogens is 278 g/mol. The van der Waals surface area contributed by atoms with Gasteiger partial charge in [0.15, 0.2) is 0 Å². The second kappa shape index (κ2) is 4.72. The zero-order valence-corrected chi connectivity index (χ0v) is 11.0. The molecule has 2 nitrogen and oxygen atoms in total. The summed E-state index contributed by atoms with van der Waals surface area (Å²) in [5.74, 6) is -0.425. The van der Waals surface area contributed by atoms with E-state index in [9.17, 15) is 4.79 Å². The van der Waals surface area contributed by atoms with Gasteiger partial charge in [0.05, 0.1) is 5.56 Å². The number of primary amides is 1. The number of carbonyl (C=O) groups is 1. The summed E-state index contributed by atoms with van der Waals surface area (Å²) >= 11 is 3.31. The van der Waals surface area contributed by atoms with Crippen LogP contribution < -0.4 is 5.73 Å². The topological polar surface area (TPSA) is 43.1 Å². The molecule has 86 valence electrons. The van der Waals surface area contributed by atoms with Gasteiger partial charge < -0.3 is 5.73 Å². The molecule has 0 heterocycles. The number of rotatable bonds is 2. The van der Waals surface area contributed by atoms with Gasteiger partial charge in [0.25, 0.3) is 0 Å². The van der Waals surface area contributed by atoms with E-state index >= 15 is 0 Å². The van der Waals surface area contributed by atoms with Crippen molar-refractivity contribution in [2.24, 2.45) is 5.73 Å². The lowest BCUT2D eigenvalue weighted by Crippen LogP contribution is -2.11. The van der Waals surface area contributed by atoms with E-state index < -0.39 is 5.91 Å². The minimum atomic E-state index is -0.425. The first-order valence-corrected chi connectivity index (χ1v) is 6.03. The summed E-state index contributed by atoms with van der Waals surface area (Å²) in [7, 11) is 0. The number of hydrogen-bond donors (Lipinski definition) is 1. The minimum Gasteiger partial charge on any atom is -0.366 e. The molecule has 0 aromatic heterocycles. The van der Waals surface area contributed by atoms with Crippen LogP contribution in [-0.4, -0.2) is 5.91 Å². The van der Waals surface area contributed by atoms with Crippen molar-refractivity contribution >= 4 is 21.8 Å². The first kappa shape index (κ1) is 11.9. The second-order valence-electron chi connectivity index (χ2n) is 3.92. The van der Waals surface area contributed by atoms with Crippen LogP contribution in [0.4, 0.5) is 0 Å². The van der Waals surface area contributed by atoms with Crippen LogP contribution in [0.15, 0.2) is 46.9 Å². The fourth-order valence-corrected chi connectivity index (χ4v) is 2.08. The highest BCUT2D eigenvalue weighted by molar-refractivity contribution is 9.10. The summed E-state index contributed by atoms with van der Waals surface area (Å²) in [4.78, 5) is 11.3. The zero-order valence-electron chi connectivity index (χ0n) is 9.41. The summed E-state index contributed by atoms with van der Waals surface area (Å²) < 4.78 is 0.723. The SMILES string of the molecule is Cc1ccc(-c2ccc(Br)c(C(N)=O)c2)cc1. The molecule has 0 unspecified atom stereocenters. The number of carbonyl (C=O) groups excluding carboxylic acids is 1. The number of amides is 1. The fraction of sp³-hybridized carbons (Fsp3) is 0.0714. The highest BCUT2D eigenvalue weighted by Gasteiger charge is 2.07. The third-order valence-corrected chi connectivity index (χ3v) is 3.31. The van der Waals surface area contributed by atoms with Crippen molar-refractivity contribution in [1.29, 1.82) is 0 Å². The highest BCUT2D eigenvalue weighted by atomic mass is 79.9. The fourth-order valence-electron chi connectivity index (χ4n) is 1.64. The summed E-state index contributed by atoms with van der Waals surface area (Å²) in [6.45, 7) is 2.04. The molecule has 0 atom stereocenters. The van der Waals surface area contributed by atoms with E-state index in [4.69, 9.17) is 5.73 Å². The van der Waals surface area contributed by atoms with Gasteiger partial charge in [0, 0.05) is 4.47 Å². The van der Waals surface area contributed by atoms with E-state index in [1.54, 1.807) is 6.07 Å². The minimum absolute atomic E-state index is 0.425.